The summed E-state index contributed by atoms with van der Waals surface area (Å²) in [5.74, 6) is -0.908. The molecule has 11 heavy (non-hydrogen) atoms. The molecule has 0 radical (unpaired) electrons. The van der Waals surface area contributed by atoms with Crippen LogP contribution in [0.5, 0.6) is 0 Å². The van der Waals surface area contributed by atoms with Gasteiger partial charge in [0, 0.05) is 0 Å². The van der Waals surface area contributed by atoms with E-state index in [9.17, 15) is 18.0 Å². The number of nitrogens with one attached hydrogen (secondary N) is 2. The Hall–Kier alpha value is -0.820. The van der Waals surface area contributed by atoms with Gasteiger partial charge < -0.3 is 5.32 Å². The third-order valence-electron chi connectivity index (χ3n) is 0.736. The Morgan fingerprint density at radius 1 is 1.45 bits per heavy atom. The minimum Gasteiger partial charge on any atom is -0.300 e. The summed E-state index contributed by atoms with van der Waals surface area (Å²) >= 11 is 0. The van der Waals surface area contributed by atoms with Crippen molar-refractivity contribution in [3.05, 3.63) is 0 Å². The van der Waals surface area contributed by atoms with E-state index in [0.717, 1.165) is 0 Å². The van der Waals surface area contributed by atoms with Crippen molar-refractivity contribution in [2.45, 2.75) is 6.18 Å². The van der Waals surface area contributed by atoms with Crippen LogP contribution in [0.15, 0.2) is 0 Å². The van der Waals surface area contributed by atoms with Gasteiger partial charge in [-0.15, -0.1) is 0 Å². The van der Waals surface area contributed by atoms with E-state index in [1.54, 1.807) is 5.32 Å². The van der Waals surface area contributed by atoms with Crippen LogP contribution in [0.4, 0.5) is 13.2 Å². The summed E-state index contributed by atoms with van der Waals surface area (Å²) < 4.78 is 34.1. The largest absolute Gasteiger partial charge is 0.401 e. The molecule has 0 unspecified atom stereocenters. The number of hydrogen-bond acceptors (Lipinski definition) is 3. The van der Waals surface area contributed by atoms with Crippen molar-refractivity contribution in [3.63, 3.8) is 0 Å². The lowest BCUT2D eigenvalue weighted by Crippen LogP contribution is -2.37. The Balaban J connectivity index is 3.35. The highest BCUT2D eigenvalue weighted by Gasteiger charge is 2.26. The molecule has 3 N–H and O–H groups in total. The molecule has 0 atom stereocenters. The van der Waals surface area contributed by atoms with Crippen LogP contribution in [0.2, 0.25) is 0 Å². The molecule has 0 saturated carbocycles. The number of carbonyl (C=O) groups is 1. The van der Waals surface area contributed by atoms with Gasteiger partial charge in [0.25, 0.3) is 5.91 Å². The molecular weight excluding hydrogens is 165 g/mol. The van der Waals surface area contributed by atoms with Crippen molar-refractivity contribution in [1.29, 1.82) is 0 Å². The predicted octanol–water partition coefficient (Wildman–Crippen LogP) is -0.356. The zero-order chi connectivity index (χ0) is 8.91. The predicted molar refractivity (Wildman–Crippen MR) is 28.9 cm³/mol. The molecule has 1 amide bonds. The van der Waals surface area contributed by atoms with E-state index in [-0.39, 0.29) is 0 Å². The molecule has 66 valence electrons. The van der Waals surface area contributed by atoms with Gasteiger partial charge in [0.15, 0.2) is 0 Å². The number of hydrogen-bond donors (Lipinski definition) is 3. The van der Waals surface area contributed by atoms with Crippen LogP contribution in [0.3, 0.4) is 0 Å². The lowest BCUT2D eigenvalue weighted by molar-refractivity contribution is -0.132. The van der Waals surface area contributed by atoms with Crippen molar-refractivity contribution in [2.75, 3.05) is 13.1 Å². The maximum atomic E-state index is 11.4. The third kappa shape index (κ3) is 7.07. The molecule has 0 bridgehead atoms. The van der Waals surface area contributed by atoms with Gasteiger partial charge in [0.1, 0.15) is 0 Å². The first-order valence-corrected chi connectivity index (χ1v) is 2.66. The van der Waals surface area contributed by atoms with Crippen LogP contribution in [0.1, 0.15) is 0 Å². The molecular formula is C4H7F3N2O2. The van der Waals surface area contributed by atoms with E-state index < -0.39 is 25.2 Å². The van der Waals surface area contributed by atoms with Crippen molar-refractivity contribution in [3.8, 4) is 0 Å². The van der Waals surface area contributed by atoms with Gasteiger partial charge >= 0.3 is 6.18 Å². The summed E-state index contributed by atoms with van der Waals surface area (Å²) in [5.41, 5.74) is 1.18. The highest BCUT2D eigenvalue weighted by Crippen LogP contribution is 2.11. The fourth-order valence-electron chi connectivity index (χ4n) is 0.357. The van der Waals surface area contributed by atoms with Crippen molar-refractivity contribution < 1.29 is 23.2 Å². The van der Waals surface area contributed by atoms with Crippen LogP contribution in [-0.2, 0) is 4.79 Å². The summed E-state index contributed by atoms with van der Waals surface area (Å²) in [6.07, 6.45) is -4.34. The van der Waals surface area contributed by atoms with Gasteiger partial charge in [-0.2, -0.15) is 13.2 Å². The molecule has 0 aromatic carbocycles. The Morgan fingerprint density at radius 3 is 2.36 bits per heavy atom. The lowest BCUT2D eigenvalue weighted by Gasteiger charge is -2.06. The van der Waals surface area contributed by atoms with E-state index >= 15 is 0 Å². The first-order chi connectivity index (χ1) is 4.95. The Kier molecular flexibility index (Phi) is 3.83. The highest BCUT2D eigenvalue weighted by molar-refractivity contribution is 5.76. The van der Waals surface area contributed by atoms with Gasteiger partial charge in [-0.1, -0.05) is 0 Å². The van der Waals surface area contributed by atoms with E-state index in [0.29, 0.717) is 0 Å². The molecule has 4 nitrogen and oxygen atoms in total. The topological polar surface area (TPSA) is 61.4 Å². The average molecular weight is 172 g/mol. The van der Waals surface area contributed by atoms with Crippen molar-refractivity contribution in [2.24, 2.45) is 0 Å². The number of amides is 1. The molecule has 0 aliphatic carbocycles. The van der Waals surface area contributed by atoms with E-state index in [1.165, 1.54) is 5.48 Å². The SMILES string of the molecule is O=C(CNCC(F)(F)F)NO. The molecule has 7 heteroatoms. The van der Waals surface area contributed by atoms with Crippen molar-refractivity contribution >= 4 is 5.91 Å². The second kappa shape index (κ2) is 4.14. The summed E-state index contributed by atoms with van der Waals surface area (Å²) in [6, 6.07) is 0. The number of hydroxylamine groups is 1. The molecule has 0 spiro atoms. The smallest absolute Gasteiger partial charge is 0.300 e. The Bertz CT molecular complexity index is 136. The molecule has 0 rings (SSSR count). The van der Waals surface area contributed by atoms with Crippen molar-refractivity contribution in [1.82, 2.24) is 10.8 Å². The highest BCUT2D eigenvalue weighted by atomic mass is 19.4. The monoisotopic (exact) mass is 172 g/mol. The zero-order valence-electron chi connectivity index (χ0n) is 5.40. The zero-order valence-corrected chi connectivity index (χ0v) is 5.40. The summed E-state index contributed by atoms with van der Waals surface area (Å²) in [5, 5.41) is 9.62. The number of carbonyl (C=O) groups excluding carboxylic acids is 1. The maximum absolute atomic E-state index is 11.4. The number of alkyl halides is 3. The second-order valence-electron chi connectivity index (χ2n) is 1.75. The van der Waals surface area contributed by atoms with Gasteiger partial charge in [-0.25, -0.2) is 5.48 Å². The quantitative estimate of drug-likeness (QED) is 0.402. The maximum Gasteiger partial charge on any atom is 0.401 e. The van der Waals surface area contributed by atoms with Crippen LogP contribution in [0.25, 0.3) is 0 Å². The standard InChI is InChI=1S/C4H7F3N2O2/c5-4(6,7)2-8-1-3(10)9-11/h8,11H,1-2H2,(H,9,10). The minimum atomic E-state index is -4.34. The number of halogens is 3. The first-order valence-electron chi connectivity index (χ1n) is 2.66. The lowest BCUT2D eigenvalue weighted by atomic mass is 10.5. The Labute approximate surface area is 60.3 Å². The van der Waals surface area contributed by atoms with E-state index in [4.69, 9.17) is 5.21 Å². The fraction of sp³-hybridized carbons (Fsp3) is 0.750. The molecule has 0 aliphatic heterocycles. The van der Waals surface area contributed by atoms with Gasteiger partial charge in [0.2, 0.25) is 0 Å². The molecule has 0 aromatic heterocycles. The minimum absolute atomic E-state index is 0.560. The molecule has 0 saturated heterocycles. The molecule has 0 aliphatic rings. The second-order valence-corrected chi connectivity index (χ2v) is 1.75. The van der Waals surface area contributed by atoms with Crippen LogP contribution in [-0.4, -0.2) is 30.4 Å². The fourth-order valence-corrected chi connectivity index (χ4v) is 0.357. The summed E-state index contributed by atoms with van der Waals surface area (Å²) in [6.45, 7) is -1.81. The summed E-state index contributed by atoms with van der Waals surface area (Å²) in [4.78, 5) is 10.1. The van der Waals surface area contributed by atoms with Gasteiger partial charge in [-0.05, 0) is 0 Å². The van der Waals surface area contributed by atoms with Crippen LogP contribution >= 0.6 is 0 Å². The molecule has 0 aromatic rings. The van der Waals surface area contributed by atoms with Crippen LogP contribution < -0.4 is 10.8 Å². The average Bonchev–Trinajstić information content (AvgIpc) is 1.85. The third-order valence-corrected chi connectivity index (χ3v) is 0.736. The van der Waals surface area contributed by atoms with Gasteiger partial charge in [-0.3, -0.25) is 10.0 Å². The Morgan fingerprint density at radius 2 is 2.00 bits per heavy atom. The van der Waals surface area contributed by atoms with E-state index in [2.05, 4.69) is 0 Å². The van der Waals surface area contributed by atoms with Gasteiger partial charge in [0.05, 0.1) is 13.1 Å². The summed E-state index contributed by atoms with van der Waals surface area (Å²) in [7, 11) is 0. The molecule has 0 heterocycles. The molecule has 0 fully saturated rings. The van der Waals surface area contributed by atoms with Crippen LogP contribution in [0, 0.1) is 0 Å². The normalized spacial score (nSPS) is 11.3. The van der Waals surface area contributed by atoms with E-state index in [1.807, 2.05) is 0 Å². The number of rotatable bonds is 3. The first kappa shape index (κ1) is 10.2.